The highest BCUT2D eigenvalue weighted by Crippen LogP contribution is 2.34. The van der Waals surface area contributed by atoms with Gasteiger partial charge in [-0.15, -0.1) is 0 Å². The Morgan fingerprint density at radius 3 is 3.06 bits per heavy atom. The van der Waals surface area contributed by atoms with Crippen LogP contribution in [0.3, 0.4) is 0 Å². The fraction of sp³-hybridized carbons (Fsp3) is 0.615. The van der Waals surface area contributed by atoms with Crippen LogP contribution < -0.4 is 5.32 Å². The summed E-state index contributed by atoms with van der Waals surface area (Å²) in [6.45, 7) is 2.55. The molecule has 17 heavy (non-hydrogen) atoms. The van der Waals surface area contributed by atoms with Gasteiger partial charge in [0.25, 0.3) is 0 Å². The molecule has 4 heteroatoms. The summed E-state index contributed by atoms with van der Waals surface area (Å²) in [4.78, 5) is 4.34. The number of aromatic hydroxyl groups is 1. The molecule has 3 heterocycles. The Hall–Kier alpha value is -1.13. The molecule has 4 nitrogen and oxygen atoms in total. The van der Waals surface area contributed by atoms with Gasteiger partial charge < -0.3 is 15.2 Å². The van der Waals surface area contributed by atoms with E-state index in [4.69, 9.17) is 4.74 Å². The van der Waals surface area contributed by atoms with Gasteiger partial charge >= 0.3 is 0 Å². The van der Waals surface area contributed by atoms with Crippen LogP contribution >= 0.6 is 0 Å². The van der Waals surface area contributed by atoms with Crippen molar-refractivity contribution in [3.05, 3.63) is 23.5 Å². The Balaban J connectivity index is 1.62. The minimum Gasteiger partial charge on any atom is -0.506 e. The predicted molar refractivity (Wildman–Crippen MR) is 63.8 cm³/mol. The van der Waals surface area contributed by atoms with Crippen molar-refractivity contribution in [1.82, 2.24) is 10.3 Å². The Bertz CT molecular complexity index is 422. The van der Waals surface area contributed by atoms with Crippen molar-refractivity contribution in [3.63, 3.8) is 0 Å². The van der Waals surface area contributed by atoms with Gasteiger partial charge in [0, 0.05) is 18.3 Å². The standard InChI is InChI=1S/C13H18N2O2/c1-8-2-4-12(16)11(15-8)7-14-10-6-9-3-5-13(10)17-9/h2,4,9-10,13-14,16H,3,5-7H2,1H3. The molecule has 0 aliphatic carbocycles. The molecule has 2 fully saturated rings. The van der Waals surface area contributed by atoms with E-state index in [9.17, 15) is 5.11 Å². The molecule has 3 rings (SSSR count). The normalized spacial score (nSPS) is 31.0. The van der Waals surface area contributed by atoms with Crippen LogP contribution in [0.4, 0.5) is 0 Å². The van der Waals surface area contributed by atoms with Crippen molar-refractivity contribution in [3.8, 4) is 5.75 Å². The maximum Gasteiger partial charge on any atom is 0.138 e. The van der Waals surface area contributed by atoms with Gasteiger partial charge in [0.15, 0.2) is 0 Å². The van der Waals surface area contributed by atoms with E-state index in [-0.39, 0.29) is 5.75 Å². The van der Waals surface area contributed by atoms with Gasteiger partial charge in [-0.3, -0.25) is 4.98 Å². The average molecular weight is 234 g/mol. The zero-order valence-corrected chi connectivity index (χ0v) is 10.0. The Morgan fingerprint density at radius 1 is 1.47 bits per heavy atom. The predicted octanol–water partition coefficient (Wildman–Crippen LogP) is 1.51. The van der Waals surface area contributed by atoms with Gasteiger partial charge in [-0.1, -0.05) is 0 Å². The molecule has 2 aliphatic rings. The number of aryl methyl sites for hydroxylation is 1. The van der Waals surface area contributed by atoms with E-state index < -0.39 is 0 Å². The fourth-order valence-corrected chi connectivity index (χ4v) is 2.81. The van der Waals surface area contributed by atoms with Crippen molar-refractivity contribution in [1.29, 1.82) is 0 Å². The topological polar surface area (TPSA) is 54.4 Å². The summed E-state index contributed by atoms with van der Waals surface area (Å²) in [6, 6.07) is 3.95. The molecule has 1 aromatic rings. The Kier molecular flexibility index (Phi) is 2.76. The first-order chi connectivity index (χ1) is 8.22. The minimum atomic E-state index is 0.271. The van der Waals surface area contributed by atoms with Crippen molar-refractivity contribution >= 4 is 0 Å². The van der Waals surface area contributed by atoms with Crippen LogP contribution in [0.2, 0.25) is 0 Å². The second-order valence-electron chi connectivity index (χ2n) is 5.02. The maximum absolute atomic E-state index is 9.71. The van der Waals surface area contributed by atoms with E-state index in [1.165, 1.54) is 6.42 Å². The van der Waals surface area contributed by atoms with E-state index in [0.717, 1.165) is 24.2 Å². The lowest BCUT2D eigenvalue weighted by Gasteiger charge is -2.20. The molecule has 0 saturated carbocycles. The van der Waals surface area contributed by atoms with Crippen molar-refractivity contribution < 1.29 is 9.84 Å². The number of rotatable bonds is 3. The van der Waals surface area contributed by atoms with E-state index in [0.29, 0.717) is 24.8 Å². The smallest absolute Gasteiger partial charge is 0.138 e. The molecule has 0 spiro atoms. The first-order valence-corrected chi connectivity index (χ1v) is 6.27. The molecule has 3 atom stereocenters. The molecule has 3 unspecified atom stereocenters. The molecule has 2 aliphatic heterocycles. The minimum absolute atomic E-state index is 0.271. The summed E-state index contributed by atoms with van der Waals surface area (Å²) >= 11 is 0. The van der Waals surface area contributed by atoms with Gasteiger partial charge in [-0.25, -0.2) is 0 Å². The second-order valence-corrected chi connectivity index (χ2v) is 5.02. The molecule has 0 radical (unpaired) electrons. The first kappa shape index (κ1) is 11.0. The van der Waals surface area contributed by atoms with Gasteiger partial charge in [0.05, 0.1) is 17.9 Å². The average Bonchev–Trinajstić information content (AvgIpc) is 2.92. The zero-order chi connectivity index (χ0) is 11.8. The Labute approximate surface area is 101 Å². The van der Waals surface area contributed by atoms with Crippen LogP contribution in [0.1, 0.15) is 30.7 Å². The SMILES string of the molecule is Cc1ccc(O)c(CNC2CC3CCC2O3)n1. The van der Waals surface area contributed by atoms with E-state index in [1.807, 2.05) is 13.0 Å². The first-order valence-electron chi connectivity index (χ1n) is 6.27. The quantitative estimate of drug-likeness (QED) is 0.832. The maximum atomic E-state index is 9.71. The van der Waals surface area contributed by atoms with Crippen LogP contribution in [-0.2, 0) is 11.3 Å². The highest BCUT2D eigenvalue weighted by Gasteiger charge is 2.40. The number of hydrogen-bond acceptors (Lipinski definition) is 4. The molecule has 92 valence electrons. The van der Waals surface area contributed by atoms with Crippen molar-refractivity contribution in [2.24, 2.45) is 0 Å². The second kappa shape index (κ2) is 4.27. The summed E-state index contributed by atoms with van der Waals surface area (Å²) in [6.07, 6.45) is 4.28. The van der Waals surface area contributed by atoms with Gasteiger partial charge in [-0.05, 0) is 38.3 Å². The lowest BCUT2D eigenvalue weighted by atomic mass is 9.95. The number of aromatic nitrogens is 1. The molecule has 2 N–H and O–H groups in total. The zero-order valence-electron chi connectivity index (χ0n) is 10.0. The third kappa shape index (κ3) is 2.15. The van der Waals surface area contributed by atoms with Crippen LogP contribution in [-0.4, -0.2) is 28.3 Å². The fourth-order valence-electron chi connectivity index (χ4n) is 2.81. The molecule has 2 bridgehead atoms. The number of fused-ring (bicyclic) bond motifs is 2. The van der Waals surface area contributed by atoms with Gasteiger partial charge in [0.1, 0.15) is 5.75 Å². The molecular formula is C13H18N2O2. The lowest BCUT2D eigenvalue weighted by molar-refractivity contribution is 0.0972. The lowest BCUT2D eigenvalue weighted by Crippen LogP contribution is -2.37. The molecule has 1 aromatic heterocycles. The molecule has 2 saturated heterocycles. The third-order valence-corrected chi connectivity index (χ3v) is 3.73. The summed E-state index contributed by atoms with van der Waals surface area (Å²) in [7, 11) is 0. The van der Waals surface area contributed by atoms with Crippen LogP contribution in [0.15, 0.2) is 12.1 Å². The van der Waals surface area contributed by atoms with E-state index >= 15 is 0 Å². The highest BCUT2D eigenvalue weighted by atomic mass is 16.5. The number of nitrogens with zero attached hydrogens (tertiary/aromatic N) is 1. The van der Waals surface area contributed by atoms with Crippen LogP contribution in [0, 0.1) is 6.92 Å². The summed E-state index contributed by atoms with van der Waals surface area (Å²) in [5.74, 6) is 0.271. The number of nitrogens with one attached hydrogen (secondary N) is 1. The number of hydrogen-bond donors (Lipinski definition) is 2. The largest absolute Gasteiger partial charge is 0.506 e. The highest BCUT2D eigenvalue weighted by molar-refractivity contribution is 5.27. The molecule has 0 aromatic carbocycles. The third-order valence-electron chi connectivity index (χ3n) is 3.73. The molecule has 0 amide bonds. The van der Waals surface area contributed by atoms with Crippen LogP contribution in [0.25, 0.3) is 0 Å². The van der Waals surface area contributed by atoms with E-state index in [2.05, 4.69) is 10.3 Å². The van der Waals surface area contributed by atoms with Gasteiger partial charge in [-0.2, -0.15) is 0 Å². The summed E-state index contributed by atoms with van der Waals surface area (Å²) < 4.78 is 5.78. The number of pyridine rings is 1. The van der Waals surface area contributed by atoms with Gasteiger partial charge in [0.2, 0.25) is 0 Å². The van der Waals surface area contributed by atoms with E-state index in [1.54, 1.807) is 6.07 Å². The monoisotopic (exact) mass is 234 g/mol. The van der Waals surface area contributed by atoms with Crippen molar-refractivity contribution in [2.45, 2.75) is 51.0 Å². The number of ether oxygens (including phenoxy) is 1. The summed E-state index contributed by atoms with van der Waals surface area (Å²) in [5.41, 5.74) is 1.66. The molecular weight excluding hydrogens is 216 g/mol. The Morgan fingerprint density at radius 2 is 2.35 bits per heavy atom. The summed E-state index contributed by atoms with van der Waals surface area (Å²) in [5, 5.41) is 13.2. The van der Waals surface area contributed by atoms with Crippen LogP contribution in [0.5, 0.6) is 5.75 Å². The van der Waals surface area contributed by atoms with Crippen molar-refractivity contribution in [2.75, 3.05) is 0 Å².